The van der Waals surface area contributed by atoms with Gasteiger partial charge < -0.3 is 9.67 Å². The molecular weight excluding hydrogens is 311 g/mol. The zero-order chi connectivity index (χ0) is 17.2. The summed E-state index contributed by atoms with van der Waals surface area (Å²) in [6.45, 7) is 0. The van der Waals surface area contributed by atoms with E-state index in [4.69, 9.17) is 9.90 Å². The first kappa shape index (κ1) is 16.5. The second-order valence-corrected chi connectivity index (χ2v) is 4.73. The maximum Gasteiger partial charge on any atom is 0.490 e. The fourth-order valence-electron chi connectivity index (χ4n) is 2.19. The Morgan fingerprint density at radius 1 is 0.957 bits per heavy atom. The predicted molar refractivity (Wildman–Crippen MR) is 80.4 cm³/mol. The largest absolute Gasteiger partial charge is 0.490 e. The van der Waals surface area contributed by atoms with Gasteiger partial charge in [-0.25, -0.2) is 4.79 Å². The van der Waals surface area contributed by atoms with Crippen molar-refractivity contribution in [2.24, 2.45) is 7.05 Å². The van der Waals surface area contributed by atoms with Crippen molar-refractivity contribution in [2.75, 3.05) is 0 Å². The van der Waals surface area contributed by atoms with Crippen molar-refractivity contribution >= 4 is 27.8 Å². The van der Waals surface area contributed by atoms with Gasteiger partial charge in [0.25, 0.3) is 0 Å². The average molecular weight is 323 g/mol. The van der Waals surface area contributed by atoms with Crippen molar-refractivity contribution in [2.45, 2.75) is 6.18 Å². The second kappa shape index (κ2) is 6.12. The van der Waals surface area contributed by atoms with E-state index < -0.39 is 12.1 Å². The molecule has 7 heteroatoms. The van der Waals surface area contributed by atoms with Crippen molar-refractivity contribution in [3.63, 3.8) is 0 Å². The Morgan fingerprint density at radius 2 is 1.30 bits per heavy atom. The minimum Gasteiger partial charge on any atom is -0.475 e. The Labute approximate surface area is 128 Å². The van der Waals surface area contributed by atoms with Gasteiger partial charge in [-0.05, 0) is 24.3 Å². The smallest absolute Gasteiger partial charge is 0.475 e. The van der Waals surface area contributed by atoms with Crippen LogP contribution >= 0.6 is 0 Å². The normalized spacial score (nSPS) is 11.1. The summed E-state index contributed by atoms with van der Waals surface area (Å²) in [5, 5.41) is 8.69. The van der Waals surface area contributed by atoms with Crippen molar-refractivity contribution in [1.82, 2.24) is 4.57 Å². The van der Waals surface area contributed by atoms with Gasteiger partial charge in [0.05, 0.1) is 11.0 Å². The number of nitrogens with zero attached hydrogens (tertiary/aromatic N) is 1. The molecule has 4 nitrogen and oxygen atoms in total. The number of fused-ring (bicyclic) bond motifs is 2. The molecule has 0 amide bonds. The highest BCUT2D eigenvalue weighted by Crippen LogP contribution is 2.17. The number of rotatable bonds is 0. The Kier molecular flexibility index (Phi) is 4.40. The highest BCUT2D eigenvalue weighted by atomic mass is 19.4. The average Bonchev–Trinajstić information content (AvgIpc) is 2.52. The van der Waals surface area contributed by atoms with Gasteiger partial charge in [-0.15, -0.1) is 0 Å². The van der Waals surface area contributed by atoms with E-state index in [1.165, 1.54) is 0 Å². The van der Waals surface area contributed by atoms with Gasteiger partial charge in [-0.3, -0.25) is 4.79 Å². The lowest BCUT2D eigenvalue weighted by atomic mass is 10.1. The van der Waals surface area contributed by atoms with Crippen LogP contribution in [-0.4, -0.2) is 21.8 Å². The maximum atomic E-state index is 12.2. The standard InChI is InChI=1S/C14H11NO.C2HF3O2/c1-15-12-8-4-2-6-10(12)14(16)11-7-3-5-9-13(11)15;3-2(4,5)1(6)7/h2-9H,1H3;(H,6,7). The van der Waals surface area contributed by atoms with Crippen molar-refractivity contribution in [3.8, 4) is 0 Å². The Balaban J connectivity index is 0.000000236. The van der Waals surface area contributed by atoms with Crippen LogP contribution in [0.15, 0.2) is 53.3 Å². The van der Waals surface area contributed by atoms with Crippen molar-refractivity contribution in [3.05, 3.63) is 58.8 Å². The molecule has 0 unspecified atom stereocenters. The number of carboxylic acids is 1. The monoisotopic (exact) mass is 323 g/mol. The number of carbonyl (C=O) groups is 1. The fraction of sp³-hybridized carbons (Fsp3) is 0.125. The number of para-hydroxylation sites is 2. The van der Waals surface area contributed by atoms with Crippen LogP contribution in [0.4, 0.5) is 13.2 Å². The topological polar surface area (TPSA) is 59.3 Å². The number of alkyl halides is 3. The van der Waals surface area contributed by atoms with Gasteiger partial charge in [0.15, 0.2) is 5.43 Å². The molecule has 1 heterocycles. The molecule has 1 N–H and O–H groups in total. The molecule has 23 heavy (non-hydrogen) atoms. The number of pyridine rings is 1. The molecule has 2 aromatic carbocycles. The highest BCUT2D eigenvalue weighted by Gasteiger charge is 2.38. The third-order valence-corrected chi connectivity index (χ3v) is 3.26. The van der Waals surface area contributed by atoms with E-state index in [1.54, 1.807) is 0 Å². The molecule has 0 aliphatic rings. The SMILES string of the molecule is Cn1c2ccccc2c(=O)c2ccccc21.O=C(O)C(F)(F)F. The minimum absolute atomic E-state index is 0.115. The van der Waals surface area contributed by atoms with E-state index in [2.05, 4.69) is 4.57 Å². The summed E-state index contributed by atoms with van der Waals surface area (Å²) in [6, 6.07) is 15.4. The zero-order valence-corrected chi connectivity index (χ0v) is 12.0. The molecule has 0 saturated carbocycles. The molecule has 0 aliphatic carbocycles. The third-order valence-electron chi connectivity index (χ3n) is 3.26. The van der Waals surface area contributed by atoms with Gasteiger partial charge in [0, 0.05) is 17.8 Å². The van der Waals surface area contributed by atoms with E-state index in [9.17, 15) is 18.0 Å². The maximum absolute atomic E-state index is 12.2. The summed E-state index contributed by atoms with van der Waals surface area (Å²) < 4.78 is 33.8. The Bertz CT molecular complexity index is 869. The molecule has 0 spiro atoms. The number of carboxylic acid groups (broad SMARTS) is 1. The number of aryl methyl sites for hydroxylation is 1. The molecule has 0 radical (unpaired) electrons. The van der Waals surface area contributed by atoms with Crippen LogP contribution in [0.1, 0.15) is 0 Å². The van der Waals surface area contributed by atoms with Crippen LogP contribution in [0.2, 0.25) is 0 Å². The third kappa shape index (κ3) is 3.33. The highest BCUT2D eigenvalue weighted by molar-refractivity contribution is 5.93. The summed E-state index contributed by atoms with van der Waals surface area (Å²) in [5.74, 6) is -2.76. The van der Waals surface area contributed by atoms with E-state index in [0.717, 1.165) is 21.8 Å². The Hall–Kier alpha value is -2.83. The summed E-state index contributed by atoms with van der Waals surface area (Å²) in [6.07, 6.45) is -5.08. The molecule has 0 atom stereocenters. The molecular formula is C16H12F3NO3. The van der Waals surface area contributed by atoms with Gasteiger partial charge in [-0.1, -0.05) is 24.3 Å². The summed E-state index contributed by atoms with van der Waals surface area (Å²) >= 11 is 0. The van der Waals surface area contributed by atoms with Crippen LogP contribution in [0.5, 0.6) is 0 Å². The van der Waals surface area contributed by atoms with Gasteiger partial charge in [-0.2, -0.15) is 13.2 Å². The van der Waals surface area contributed by atoms with E-state index in [1.807, 2.05) is 55.6 Å². The lowest BCUT2D eigenvalue weighted by molar-refractivity contribution is -0.192. The van der Waals surface area contributed by atoms with Crippen LogP contribution in [0.3, 0.4) is 0 Å². The number of benzene rings is 2. The number of halogens is 3. The fourth-order valence-corrected chi connectivity index (χ4v) is 2.19. The van der Waals surface area contributed by atoms with E-state index in [-0.39, 0.29) is 5.43 Å². The quantitative estimate of drug-likeness (QED) is 0.646. The molecule has 0 fully saturated rings. The summed E-state index contributed by atoms with van der Waals surface area (Å²) in [4.78, 5) is 21.1. The van der Waals surface area contributed by atoms with Gasteiger partial charge in [0.1, 0.15) is 0 Å². The number of hydrogen-bond acceptors (Lipinski definition) is 2. The number of hydrogen-bond donors (Lipinski definition) is 1. The van der Waals surface area contributed by atoms with E-state index >= 15 is 0 Å². The van der Waals surface area contributed by atoms with Crippen LogP contribution in [0.25, 0.3) is 21.8 Å². The lowest BCUT2D eigenvalue weighted by Gasteiger charge is -2.09. The van der Waals surface area contributed by atoms with Crippen LogP contribution in [-0.2, 0) is 11.8 Å². The van der Waals surface area contributed by atoms with Crippen molar-refractivity contribution in [1.29, 1.82) is 0 Å². The number of aromatic nitrogens is 1. The second-order valence-electron chi connectivity index (χ2n) is 4.73. The molecule has 1 aromatic heterocycles. The van der Waals surface area contributed by atoms with Crippen molar-refractivity contribution < 1.29 is 23.1 Å². The minimum atomic E-state index is -5.08. The van der Waals surface area contributed by atoms with Crippen LogP contribution < -0.4 is 5.43 Å². The molecule has 3 aromatic rings. The molecule has 120 valence electrons. The molecule has 0 saturated heterocycles. The first-order valence-electron chi connectivity index (χ1n) is 6.50. The van der Waals surface area contributed by atoms with Gasteiger partial charge >= 0.3 is 12.1 Å². The van der Waals surface area contributed by atoms with E-state index in [0.29, 0.717) is 0 Å². The van der Waals surface area contributed by atoms with Crippen LogP contribution in [0, 0.1) is 0 Å². The zero-order valence-electron chi connectivity index (χ0n) is 12.0. The first-order valence-corrected chi connectivity index (χ1v) is 6.50. The Morgan fingerprint density at radius 3 is 1.65 bits per heavy atom. The molecule has 3 rings (SSSR count). The first-order chi connectivity index (χ1) is 10.7. The molecule has 0 bridgehead atoms. The van der Waals surface area contributed by atoms with Gasteiger partial charge in [0.2, 0.25) is 0 Å². The lowest BCUT2D eigenvalue weighted by Crippen LogP contribution is -2.21. The molecule has 0 aliphatic heterocycles. The summed E-state index contributed by atoms with van der Waals surface area (Å²) in [7, 11) is 1.99. The predicted octanol–water partition coefficient (Wildman–Crippen LogP) is 3.33. The summed E-state index contributed by atoms with van der Waals surface area (Å²) in [5.41, 5.74) is 2.07. The number of aliphatic carboxylic acids is 1.